The minimum atomic E-state index is -0.586. The molecular weight excluding hydrogens is 280 g/mol. The Morgan fingerprint density at radius 1 is 1.00 bits per heavy atom. The van der Waals surface area contributed by atoms with Gasteiger partial charge in [-0.2, -0.15) is 0 Å². The molecule has 1 heterocycles. The van der Waals surface area contributed by atoms with Gasteiger partial charge in [0.05, 0.1) is 5.56 Å². The fourth-order valence-electron chi connectivity index (χ4n) is 2.69. The number of carbonyl (C=O) groups excluding carboxylic acids is 1. The maximum atomic E-state index is 12.9. The molecule has 1 atom stereocenters. The molecule has 0 saturated heterocycles. The third-order valence-corrected chi connectivity index (χ3v) is 3.71. The largest absolute Gasteiger partial charge is 0.360 e. The number of rotatable bonds is 4. The third-order valence-electron chi connectivity index (χ3n) is 3.71. The summed E-state index contributed by atoms with van der Waals surface area (Å²) in [5, 5.41) is 3.33. The molecule has 0 saturated carbocycles. The fourth-order valence-corrected chi connectivity index (χ4v) is 2.69. The summed E-state index contributed by atoms with van der Waals surface area (Å²) in [5.41, 5.74) is 2.20. The Morgan fingerprint density at radius 3 is 2.32 bits per heavy atom. The Labute approximate surface area is 129 Å². The average Bonchev–Trinajstić information content (AvgIpc) is 2.57. The molecule has 1 unspecified atom stereocenters. The van der Waals surface area contributed by atoms with Crippen LogP contribution in [0.25, 0.3) is 0 Å². The quantitative estimate of drug-likeness (QED) is 0.882. The number of benzene rings is 2. The number of anilines is 2. The summed E-state index contributed by atoms with van der Waals surface area (Å²) in [6, 6.07) is 16.9. The molecular formula is C17H18N2O3. The smallest absolute Gasteiger partial charge is 0.262 e. The molecule has 2 aromatic rings. The predicted molar refractivity (Wildman–Crippen MR) is 84.9 cm³/mol. The molecule has 114 valence electrons. The van der Waals surface area contributed by atoms with Gasteiger partial charge in [-0.25, -0.2) is 0 Å². The number of carbonyl (C=O) groups is 1. The van der Waals surface area contributed by atoms with Gasteiger partial charge in [-0.3, -0.25) is 9.69 Å². The van der Waals surface area contributed by atoms with Crippen molar-refractivity contribution in [2.45, 2.75) is 12.5 Å². The van der Waals surface area contributed by atoms with Crippen molar-refractivity contribution in [1.82, 2.24) is 0 Å². The first-order chi connectivity index (χ1) is 10.8. The van der Waals surface area contributed by atoms with Gasteiger partial charge in [-0.1, -0.05) is 30.3 Å². The summed E-state index contributed by atoms with van der Waals surface area (Å²) in [4.78, 5) is 14.6. The molecule has 0 spiro atoms. The highest BCUT2D eigenvalue weighted by Gasteiger charge is 2.38. The number of fused-ring (bicyclic) bond motifs is 1. The second kappa shape index (κ2) is 6.17. The minimum absolute atomic E-state index is 0.0790. The first-order valence-electron chi connectivity index (χ1n) is 7.06. The van der Waals surface area contributed by atoms with E-state index in [1.807, 2.05) is 54.6 Å². The molecule has 5 nitrogen and oxygen atoms in total. The number of amides is 1. The van der Waals surface area contributed by atoms with Crippen LogP contribution in [0.2, 0.25) is 0 Å². The standard InChI is InChI=1S/C17H18N2O3/c1-21-17(22-2)15-18-14-11-7-6-10-13(14)16(20)19(15)12-8-4-3-5-9-12/h3-11,15,17-18H,1-2H3. The van der Waals surface area contributed by atoms with Crippen LogP contribution in [0.15, 0.2) is 54.6 Å². The van der Waals surface area contributed by atoms with Crippen LogP contribution in [0.1, 0.15) is 10.4 Å². The van der Waals surface area contributed by atoms with E-state index in [0.717, 1.165) is 11.4 Å². The van der Waals surface area contributed by atoms with E-state index in [0.29, 0.717) is 5.56 Å². The maximum absolute atomic E-state index is 12.9. The van der Waals surface area contributed by atoms with Crippen LogP contribution in [-0.4, -0.2) is 32.6 Å². The molecule has 0 radical (unpaired) electrons. The van der Waals surface area contributed by atoms with Gasteiger partial charge < -0.3 is 14.8 Å². The second-order valence-electron chi connectivity index (χ2n) is 4.99. The van der Waals surface area contributed by atoms with E-state index < -0.39 is 12.5 Å². The molecule has 0 bridgehead atoms. The number of nitrogens with zero attached hydrogens (tertiary/aromatic N) is 1. The van der Waals surface area contributed by atoms with Gasteiger partial charge in [0, 0.05) is 25.6 Å². The Kier molecular flexibility index (Phi) is 4.09. The highest BCUT2D eigenvalue weighted by Crippen LogP contribution is 2.31. The predicted octanol–water partition coefficient (Wildman–Crippen LogP) is 2.70. The van der Waals surface area contributed by atoms with Gasteiger partial charge in [0.2, 0.25) is 0 Å². The van der Waals surface area contributed by atoms with E-state index in [9.17, 15) is 4.79 Å². The Balaban J connectivity index is 2.08. The average molecular weight is 298 g/mol. The normalized spacial score (nSPS) is 17.3. The van der Waals surface area contributed by atoms with Crippen LogP contribution in [0.5, 0.6) is 0 Å². The van der Waals surface area contributed by atoms with Crippen molar-refractivity contribution in [2.75, 3.05) is 24.4 Å². The SMILES string of the molecule is COC(OC)C1Nc2ccccc2C(=O)N1c1ccccc1. The zero-order chi connectivity index (χ0) is 15.5. The number of methoxy groups -OCH3 is 2. The lowest BCUT2D eigenvalue weighted by atomic mass is 10.1. The second-order valence-corrected chi connectivity index (χ2v) is 4.99. The van der Waals surface area contributed by atoms with Crippen LogP contribution >= 0.6 is 0 Å². The van der Waals surface area contributed by atoms with Crippen LogP contribution in [0, 0.1) is 0 Å². The molecule has 1 aliphatic rings. The number of hydrogen-bond acceptors (Lipinski definition) is 4. The number of ether oxygens (including phenoxy) is 2. The molecule has 0 fully saturated rings. The van der Waals surface area contributed by atoms with Crippen molar-refractivity contribution < 1.29 is 14.3 Å². The molecule has 3 rings (SSSR count). The van der Waals surface area contributed by atoms with E-state index in [2.05, 4.69) is 5.32 Å². The van der Waals surface area contributed by atoms with Gasteiger partial charge in [0.15, 0.2) is 12.5 Å². The van der Waals surface area contributed by atoms with Gasteiger partial charge in [0.1, 0.15) is 0 Å². The van der Waals surface area contributed by atoms with Crippen LogP contribution in [0.3, 0.4) is 0 Å². The molecule has 1 amide bonds. The number of hydrogen-bond donors (Lipinski definition) is 1. The van der Waals surface area contributed by atoms with E-state index >= 15 is 0 Å². The van der Waals surface area contributed by atoms with Crippen molar-refractivity contribution in [3.8, 4) is 0 Å². The highest BCUT2D eigenvalue weighted by molar-refractivity contribution is 6.12. The summed E-state index contributed by atoms with van der Waals surface area (Å²) in [6.07, 6.45) is -1.03. The minimum Gasteiger partial charge on any atom is -0.360 e. The molecule has 1 aliphatic heterocycles. The third kappa shape index (κ3) is 2.45. The van der Waals surface area contributed by atoms with E-state index in [4.69, 9.17) is 9.47 Å². The van der Waals surface area contributed by atoms with Crippen LogP contribution in [-0.2, 0) is 9.47 Å². The Hall–Kier alpha value is -2.37. The summed E-state index contributed by atoms with van der Waals surface area (Å²) in [5.74, 6) is -0.0790. The summed E-state index contributed by atoms with van der Waals surface area (Å²) < 4.78 is 10.8. The lowest BCUT2D eigenvalue weighted by molar-refractivity contribution is -0.111. The van der Waals surface area contributed by atoms with Gasteiger partial charge in [-0.05, 0) is 24.3 Å². The fraction of sp³-hybridized carbons (Fsp3) is 0.235. The monoisotopic (exact) mass is 298 g/mol. The number of para-hydroxylation sites is 2. The highest BCUT2D eigenvalue weighted by atomic mass is 16.7. The maximum Gasteiger partial charge on any atom is 0.262 e. The molecule has 0 aliphatic carbocycles. The lowest BCUT2D eigenvalue weighted by Gasteiger charge is -2.40. The van der Waals surface area contributed by atoms with E-state index in [1.54, 1.807) is 19.1 Å². The van der Waals surface area contributed by atoms with Crippen molar-refractivity contribution in [3.63, 3.8) is 0 Å². The topological polar surface area (TPSA) is 50.8 Å². The van der Waals surface area contributed by atoms with Crippen molar-refractivity contribution in [2.24, 2.45) is 0 Å². The van der Waals surface area contributed by atoms with Gasteiger partial charge in [-0.15, -0.1) is 0 Å². The number of nitrogens with one attached hydrogen (secondary N) is 1. The summed E-state index contributed by atoms with van der Waals surface area (Å²) in [7, 11) is 3.12. The van der Waals surface area contributed by atoms with Crippen molar-refractivity contribution in [3.05, 3.63) is 60.2 Å². The molecule has 22 heavy (non-hydrogen) atoms. The van der Waals surface area contributed by atoms with E-state index in [1.165, 1.54) is 0 Å². The Bertz CT molecular complexity index is 656. The first kappa shape index (κ1) is 14.6. The lowest BCUT2D eigenvalue weighted by Crippen LogP contribution is -2.56. The van der Waals surface area contributed by atoms with Gasteiger partial charge >= 0.3 is 0 Å². The summed E-state index contributed by atoms with van der Waals surface area (Å²) >= 11 is 0. The van der Waals surface area contributed by atoms with E-state index in [-0.39, 0.29) is 5.91 Å². The summed E-state index contributed by atoms with van der Waals surface area (Å²) in [6.45, 7) is 0. The van der Waals surface area contributed by atoms with Gasteiger partial charge in [0.25, 0.3) is 5.91 Å². The molecule has 1 N–H and O–H groups in total. The molecule has 0 aromatic heterocycles. The Morgan fingerprint density at radius 2 is 1.64 bits per heavy atom. The first-order valence-corrected chi connectivity index (χ1v) is 7.06. The van der Waals surface area contributed by atoms with Crippen molar-refractivity contribution in [1.29, 1.82) is 0 Å². The molecule has 5 heteroatoms. The zero-order valence-corrected chi connectivity index (χ0v) is 12.5. The van der Waals surface area contributed by atoms with Crippen molar-refractivity contribution >= 4 is 17.3 Å². The van der Waals surface area contributed by atoms with Crippen LogP contribution < -0.4 is 10.2 Å². The molecule has 2 aromatic carbocycles. The van der Waals surface area contributed by atoms with Crippen LogP contribution in [0.4, 0.5) is 11.4 Å². The zero-order valence-electron chi connectivity index (χ0n) is 12.5.